The first-order valence-corrected chi connectivity index (χ1v) is 7.37. The Morgan fingerprint density at radius 2 is 1.95 bits per heavy atom. The van der Waals surface area contributed by atoms with E-state index in [1.165, 1.54) is 6.07 Å². The van der Waals surface area contributed by atoms with Gasteiger partial charge in [0.1, 0.15) is 19.0 Å². The lowest BCUT2D eigenvalue weighted by molar-refractivity contribution is -0.143. The van der Waals surface area contributed by atoms with Crippen LogP contribution in [0.5, 0.6) is 11.5 Å². The summed E-state index contributed by atoms with van der Waals surface area (Å²) < 4.78 is 25.8. The molecule has 2 aliphatic rings. The molecule has 0 radical (unpaired) electrons. The van der Waals surface area contributed by atoms with Crippen LogP contribution < -0.4 is 9.47 Å². The fourth-order valence-electron chi connectivity index (χ4n) is 3.11. The Morgan fingerprint density at radius 1 is 1.30 bits per heavy atom. The van der Waals surface area contributed by atoms with Gasteiger partial charge in [-0.15, -0.1) is 0 Å². The predicted molar refractivity (Wildman–Crippen MR) is 72.9 cm³/mol. The van der Waals surface area contributed by atoms with Crippen molar-refractivity contribution in [2.24, 2.45) is 0 Å². The molecule has 3 rings (SSSR count). The molecular formula is C14H14BrFO4. The second kappa shape index (κ2) is 4.91. The van der Waals surface area contributed by atoms with E-state index in [-0.39, 0.29) is 15.8 Å². The van der Waals surface area contributed by atoms with E-state index < -0.39 is 17.2 Å². The zero-order chi connectivity index (χ0) is 14.3. The summed E-state index contributed by atoms with van der Waals surface area (Å²) in [5.41, 5.74) is -1.08. The van der Waals surface area contributed by atoms with Crippen LogP contribution in [0.3, 0.4) is 0 Å². The van der Waals surface area contributed by atoms with Gasteiger partial charge < -0.3 is 14.6 Å². The first-order chi connectivity index (χ1) is 9.56. The van der Waals surface area contributed by atoms with Gasteiger partial charge in [-0.3, -0.25) is 4.79 Å². The minimum Gasteiger partial charge on any atom is -0.486 e. The molecule has 0 aromatic heterocycles. The van der Waals surface area contributed by atoms with Crippen molar-refractivity contribution >= 4 is 21.9 Å². The van der Waals surface area contributed by atoms with Crippen molar-refractivity contribution in [1.29, 1.82) is 0 Å². The molecule has 4 nitrogen and oxygen atoms in total. The van der Waals surface area contributed by atoms with Crippen LogP contribution in [0.2, 0.25) is 0 Å². The summed E-state index contributed by atoms with van der Waals surface area (Å²) in [6.45, 7) is 0.682. The van der Waals surface area contributed by atoms with Crippen LogP contribution in [0, 0.1) is 5.82 Å². The highest BCUT2D eigenvalue weighted by Crippen LogP contribution is 2.51. The molecule has 1 heterocycles. The third-order valence-electron chi connectivity index (χ3n) is 4.07. The Kier molecular flexibility index (Phi) is 3.36. The molecule has 0 unspecified atom stereocenters. The van der Waals surface area contributed by atoms with Gasteiger partial charge in [0.15, 0.2) is 11.5 Å². The topological polar surface area (TPSA) is 55.8 Å². The number of carboxylic acids is 1. The third kappa shape index (κ3) is 1.89. The summed E-state index contributed by atoms with van der Waals surface area (Å²) in [5.74, 6) is -0.893. The van der Waals surface area contributed by atoms with E-state index in [1.807, 2.05) is 0 Å². The SMILES string of the molecule is O=C(O)C1(c2c(F)c(Br)cc3c2OCCO3)CCCC1. The molecular weight excluding hydrogens is 331 g/mol. The Labute approximate surface area is 124 Å². The summed E-state index contributed by atoms with van der Waals surface area (Å²) in [5, 5.41) is 9.66. The maximum atomic E-state index is 14.6. The van der Waals surface area contributed by atoms with E-state index in [0.717, 1.165) is 12.8 Å². The second-order valence-corrected chi connectivity index (χ2v) is 6.02. The van der Waals surface area contributed by atoms with Crippen LogP contribution >= 0.6 is 15.9 Å². The molecule has 1 fully saturated rings. The lowest BCUT2D eigenvalue weighted by atomic mass is 9.78. The molecule has 0 amide bonds. The molecule has 0 saturated heterocycles. The van der Waals surface area contributed by atoms with Crippen LogP contribution in [0.1, 0.15) is 31.2 Å². The maximum Gasteiger partial charge on any atom is 0.314 e. The number of carbonyl (C=O) groups is 1. The fraction of sp³-hybridized carbons (Fsp3) is 0.500. The van der Waals surface area contributed by atoms with Gasteiger partial charge >= 0.3 is 5.97 Å². The van der Waals surface area contributed by atoms with Crippen LogP contribution in [-0.2, 0) is 10.2 Å². The molecule has 0 spiro atoms. The first kappa shape index (κ1) is 13.7. The van der Waals surface area contributed by atoms with E-state index in [1.54, 1.807) is 0 Å². The Bertz CT molecular complexity index is 567. The van der Waals surface area contributed by atoms with Gasteiger partial charge in [0.05, 0.1) is 15.5 Å². The predicted octanol–water partition coefficient (Wildman–Crippen LogP) is 3.26. The number of benzene rings is 1. The van der Waals surface area contributed by atoms with Crippen LogP contribution in [0.25, 0.3) is 0 Å². The number of hydrogen-bond acceptors (Lipinski definition) is 3. The normalized spacial score (nSPS) is 19.9. The monoisotopic (exact) mass is 344 g/mol. The van der Waals surface area contributed by atoms with Gasteiger partial charge in [-0.05, 0) is 28.8 Å². The third-order valence-corrected chi connectivity index (χ3v) is 4.65. The first-order valence-electron chi connectivity index (χ1n) is 6.58. The molecule has 0 atom stereocenters. The molecule has 108 valence electrons. The van der Waals surface area contributed by atoms with E-state index >= 15 is 0 Å². The van der Waals surface area contributed by atoms with Gasteiger partial charge in [0, 0.05) is 6.07 Å². The van der Waals surface area contributed by atoms with Crippen molar-refractivity contribution < 1.29 is 23.8 Å². The molecule has 1 N–H and O–H groups in total. The zero-order valence-electron chi connectivity index (χ0n) is 10.7. The van der Waals surface area contributed by atoms with Crippen molar-refractivity contribution in [3.05, 3.63) is 21.9 Å². The highest BCUT2D eigenvalue weighted by Gasteiger charge is 2.48. The molecule has 0 bridgehead atoms. The van der Waals surface area contributed by atoms with Crippen LogP contribution in [0.4, 0.5) is 4.39 Å². The van der Waals surface area contributed by atoms with Crippen molar-refractivity contribution in [2.75, 3.05) is 13.2 Å². The van der Waals surface area contributed by atoms with Gasteiger partial charge in [0.25, 0.3) is 0 Å². The number of rotatable bonds is 2. The van der Waals surface area contributed by atoms with Crippen molar-refractivity contribution in [3.63, 3.8) is 0 Å². The zero-order valence-corrected chi connectivity index (χ0v) is 12.3. The number of carboxylic acid groups (broad SMARTS) is 1. The number of fused-ring (bicyclic) bond motifs is 1. The molecule has 20 heavy (non-hydrogen) atoms. The van der Waals surface area contributed by atoms with Crippen molar-refractivity contribution in [3.8, 4) is 11.5 Å². The highest BCUT2D eigenvalue weighted by atomic mass is 79.9. The van der Waals surface area contributed by atoms with E-state index in [9.17, 15) is 14.3 Å². The van der Waals surface area contributed by atoms with E-state index in [0.29, 0.717) is 31.8 Å². The maximum absolute atomic E-state index is 14.6. The molecule has 1 aromatic rings. The average Bonchev–Trinajstić information content (AvgIpc) is 2.90. The molecule has 1 aromatic carbocycles. The largest absolute Gasteiger partial charge is 0.486 e. The number of ether oxygens (including phenoxy) is 2. The molecule has 6 heteroatoms. The minimum atomic E-state index is -1.21. The van der Waals surface area contributed by atoms with Gasteiger partial charge in [0.2, 0.25) is 0 Å². The Balaban J connectivity index is 2.26. The van der Waals surface area contributed by atoms with E-state index in [4.69, 9.17) is 9.47 Å². The van der Waals surface area contributed by atoms with Gasteiger partial charge in [-0.2, -0.15) is 0 Å². The van der Waals surface area contributed by atoms with Crippen molar-refractivity contribution in [1.82, 2.24) is 0 Å². The summed E-state index contributed by atoms with van der Waals surface area (Å²) >= 11 is 3.14. The summed E-state index contributed by atoms with van der Waals surface area (Å²) in [6.07, 6.45) is 2.39. The molecule has 1 saturated carbocycles. The standard InChI is InChI=1S/C14H14BrFO4/c15-8-7-9-12(20-6-5-19-9)10(11(8)16)14(13(17)18)3-1-2-4-14/h7H,1-6H2,(H,17,18). The van der Waals surface area contributed by atoms with Crippen LogP contribution in [0.15, 0.2) is 10.5 Å². The van der Waals surface area contributed by atoms with Gasteiger partial charge in [-0.25, -0.2) is 4.39 Å². The van der Waals surface area contributed by atoms with Gasteiger partial charge in [-0.1, -0.05) is 12.8 Å². The number of halogens is 2. The smallest absolute Gasteiger partial charge is 0.314 e. The Hall–Kier alpha value is -1.30. The summed E-state index contributed by atoms with van der Waals surface area (Å²) in [6, 6.07) is 1.50. The lowest BCUT2D eigenvalue weighted by Gasteiger charge is -2.30. The number of aliphatic carboxylic acids is 1. The molecule has 1 aliphatic heterocycles. The van der Waals surface area contributed by atoms with E-state index in [2.05, 4.69) is 15.9 Å². The summed E-state index contributed by atoms with van der Waals surface area (Å²) in [7, 11) is 0. The second-order valence-electron chi connectivity index (χ2n) is 5.17. The lowest BCUT2D eigenvalue weighted by Crippen LogP contribution is -2.35. The Morgan fingerprint density at radius 3 is 2.60 bits per heavy atom. The quantitative estimate of drug-likeness (QED) is 0.894. The number of hydrogen-bond donors (Lipinski definition) is 1. The minimum absolute atomic E-state index is 0.131. The highest BCUT2D eigenvalue weighted by molar-refractivity contribution is 9.10. The average molecular weight is 345 g/mol. The van der Waals surface area contributed by atoms with Crippen LogP contribution in [-0.4, -0.2) is 24.3 Å². The summed E-state index contributed by atoms with van der Waals surface area (Å²) in [4.78, 5) is 11.8. The van der Waals surface area contributed by atoms with Crippen molar-refractivity contribution in [2.45, 2.75) is 31.1 Å². The fourth-order valence-corrected chi connectivity index (χ4v) is 3.52. The molecule has 1 aliphatic carbocycles.